The smallest absolute Gasteiger partial charge is 0.351 e. The lowest BCUT2D eigenvalue weighted by Gasteiger charge is -2.40. The quantitative estimate of drug-likeness (QED) is 0.631. The van der Waals surface area contributed by atoms with Gasteiger partial charge in [0.1, 0.15) is 0 Å². The van der Waals surface area contributed by atoms with Crippen molar-refractivity contribution in [2.75, 3.05) is 46.3 Å². The third-order valence-electron chi connectivity index (χ3n) is 5.39. The Hall–Kier alpha value is -1.96. The summed E-state index contributed by atoms with van der Waals surface area (Å²) in [6.07, 6.45) is 2.70. The van der Waals surface area contributed by atoms with Gasteiger partial charge in [0.05, 0.1) is 20.1 Å². The fourth-order valence-electron chi connectivity index (χ4n) is 3.78. The van der Waals surface area contributed by atoms with E-state index in [0.29, 0.717) is 0 Å². The number of nitrogens with zero attached hydrogens (tertiary/aromatic N) is 2. The molecular formula is C20H31N3O4. The molecule has 0 atom stereocenters. The molecule has 3 rings (SSSR count). The van der Waals surface area contributed by atoms with E-state index in [1.54, 1.807) is 4.90 Å². The number of carboxylic acids is 2. The average Bonchev–Trinajstić information content (AvgIpc) is 2.64. The van der Waals surface area contributed by atoms with E-state index in [1.807, 2.05) is 0 Å². The van der Waals surface area contributed by atoms with Gasteiger partial charge in [-0.2, -0.15) is 0 Å². The van der Waals surface area contributed by atoms with Crippen LogP contribution in [-0.2, 0) is 16.1 Å². The molecule has 2 N–H and O–H groups in total. The normalized spacial score (nSPS) is 19.9. The van der Waals surface area contributed by atoms with Gasteiger partial charge in [-0.05, 0) is 38.4 Å². The maximum Gasteiger partial charge on any atom is 0.351 e. The van der Waals surface area contributed by atoms with Crippen LogP contribution >= 0.6 is 0 Å². The van der Waals surface area contributed by atoms with Crippen LogP contribution < -0.4 is 10.0 Å². The molecule has 2 heterocycles. The maximum atomic E-state index is 9.04. The minimum atomic E-state index is -2.07. The molecule has 2 aliphatic heterocycles. The van der Waals surface area contributed by atoms with E-state index in [1.165, 1.54) is 63.2 Å². The number of carboxylic acid groups (broad SMARTS) is 2. The lowest BCUT2D eigenvalue weighted by atomic mass is 10.0. The van der Waals surface area contributed by atoms with Crippen molar-refractivity contribution in [2.24, 2.45) is 0 Å². The third-order valence-corrected chi connectivity index (χ3v) is 5.39. The first-order chi connectivity index (χ1) is 12.8. The number of quaternary nitrogens is 1. The Morgan fingerprint density at radius 2 is 1.78 bits per heavy atom. The zero-order valence-corrected chi connectivity index (χ0v) is 16.3. The lowest BCUT2D eigenvalue weighted by Crippen LogP contribution is -3.12. The summed E-state index contributed by atoms with van der Waals surface area (Å²) in [6, 6.07) is 9.80. The van der Waals surface area contributed by atoms with E-state index in [2.05, 4.69) is 48.0 Å². The highest BCUT2D eigenvalue weighted by Crippen LogP contribution is 2.18. The average molecular weight is 377 g/mol. The van der Waals surface area contributed by atoms with Crippen LogP contribution in [0.1, 0.15) is 24.0 Å². The largest absolute Gasteiger partial charge is 0.539 e. The summed E-state index contributed by atoms with van der Waals surface area (Å²) in [6.45, 7) is 11.1. The second kappa shape index (κ2) is 10.4. The van der Waals surface area contributed by atoms with E-state index in [0.717, 1.165) is 12.6 Å². The monoisotopic (exact) mass is 377 g/mol. The molecule has 7 heteroatoms. The fourth-order valence-corrected chi connectivity index (χ4v) is 3.78. The maximum absolute atomic E-state index is 9.04. The van der Waals surface area contributed by atoms with Crippen molar-refractivity contribution in [1.82, 2.24) is 9.80 Å². The number of carbonyl (C=O) groups excluding carboxylic acids is 1. The number of hydrogen-bond donors (Lipinski definition) is 2. The number of piperidine rings is 1. The zero-order chi connectivity index (χ0) is 19.8. The number of rotatable bonds is 3. The van der Waals surface area contributed by atoms with Crippen LogP contribution in [-0.4, -0.2) is 79.2 Å². The molecule has 0 aliphatic carbocycles. The molecule has 1 aromatic carbocycles. The molecule has 2 aliphatic rings. The van der Waals surface area contributed by atoms with Gasteiger partial charge in [-0.15, -0.1) is 0 Å². The summed E-state index contributed by atoms with van der Waals surface area (Å²) in [5, 5.41) is 16.3. The van der Waals surface area contributed by atoms with Gasteiger partial charge >= 0.3 is 5.97 Å². The van der Waals surface area contributed by atoms with Gasteiger partial charge in [0.15, 0.2) is 5.97 Å². The summed E-state index contributed by atoms with van der Waals surface area (Å²) in [7, 11) is 2.32. The number of likely N-dealkylation sites (tertiary alicyclic amines) is 1. The number of hydrogen-bond acceptors (Lipinski definition) is 5. The first-order valence-corrected chi connectivity index (χ1v) is 9.62. The molecule has 150 valence electrons. The Morgan fingerprint density at radius 3 is 2.30 bits per heavy atom. The number of nitrogens with one attached hydrogen (secondary N) is 1. The Labute approximate surface area is 161 Å². The topological polar surface area (TPSA) is 88.4 Å². The molecular weight excluding hydrogens is 346 g/mol. The third kappa shape index (κ3) is 7.28. The Bertz CT molecular complexity index is 609. The number of aliphatic carboxylic acids is 2. The number of aryl methyl sites for hydroxylation is 1. The van der Waals surface area contributed by atoms with Crippen molar-refractivity contribution in [3.8, 4) is 0 Å². The van der Waals surface area contributed by atoms with Crippen LogP contribution in [0.3, 0.4) is 0 Å². The van der Waals surface area contributed by atoms with Crippen LogP contribution in [0.5, 0.6) is 0 Å². The van der Waals surface area contributed by atoms with E-state index in [9.17, 15) is 0 Å². The molecule has 7 nitrogen and oxygen atoms in total. The number of piperazine rings is 1. The molecule has 0 unspecified atom stereocenters. The Balaban J connectivity index is 0.000000380. The Morgan fingerprint density at radius 1 is 1.19 bits per heavy atom. The molecule has 0 bridgehead atoms. The van der Waals surface area contributed by atoms with Crippen molar-refractivity contribution >= 4 is 11.9 Å². The summed E-state index contributed by atoms with van der Waals surface area (Å²) in [5.41, 5.74) is 2.85. The molecule has 0 spiro atoms. The first kappa shape index (κ1) is 21.3. The number of likely N-dealkylation sites (N-methyl/N-ethyl adjacent to an activating group) is 1. The van der Waals surface area contributed by atoms with Crippen molar-refractivity contribution in [2.45, 2.75) is 32.4 Å². The highest BCUT2D eigenvalue weighted by Gasteiger charge is 2.27. The molecule has 1 aromatic rings. The van der Waals surface area contributed by atoms with Gasteiger partial charge in [0.25, 0.3) is 0 Å². The molecule has 0 aromatic heterocycles. The molecule has 0 amide bonds. The predicted molar refractivity (Wildman–Crippen MR) is 100 cm³/mol. The fraction of sp³-hybridized carbons (Fsp3) is 0.600. The lowest BCUT2D eigenvalue weighted by molar-refractivity contribution is -0.884. The Kier molecular flexibility index (Phi) is 8.22. The van der Waals surface area contributed by atoms with Gasteiger partial charge < -0.3 is 19.9 Å². The van der Waals surface area contributed by atoms with E-state index in [4.69, 9.17) is 19.8 Å². The highest BCUT2D eigenvalue weighted by atomic mass is 16.4. The van der Waals surface area contributed by atoms with Gasteiger partial charge in [0.2, 0.25) is 0 Å². The molecule has 2 fully saturated rings. The SMILES string of the molecule is Cc1cccc(CN2CCC(N3CC[NH+](C)CC3)CC2)c1.O=C([O-])C(=O)O. The van der Waals surface area contributed by atoms with Crippen LogP contribution in [0.2, 0.25) is 0 Å². The second-order valence-electron chi connectivity index (χ2n) is 7.58. The van der Waals surface area contributed by atoms with Crippen molar-refractivity contribution in [3.63, 3.8) is 0 Å². The van der Waals surface area contributed by atoms with Gasteiger partial charge in [0, 0.05) is 25.7 Å². The predicted octanol–water partition coefficient (Wildman–Crippen LogP) is -1.39. The molecule has 27 heavy (non-hydrogen) atoms. The summed E-state index contributed by atoms with van der Waals surface area (Å²) in [5.74, 6) is -4.01. The standard InChI is InChI=1S/C18H29N3.C2H2O4/c1-16-4-3-5-17(14-16)15-20-8-6-18(7-9-20)21-12-10-19(2)11-13-21;3-1(4)2(5)6/h3-5,14,18H,6-13,15H2,1-2H3;(H,3,4)(H,5,6). The van der Waals surface area contributed by atoms with Crippen molar-refractivity contribution < 1.29 is 24.7 Å². The minimum absolute atomic E-state index is 0.840. The summed E-state index contributed by atoms with van der Waals surface area (Å²) in [4.78, 5) is 25.1. The van der Waals surface area contributed by atoms with E-state index >= 15 is 0 Å². The highest BCUT2D eigenvalue weighted by molar-refractivity contribution is 6.26. The van der Waals surface area contributed by atoms with E-state index < -0.39 is 11.9 Å². The second-order valence-corrected chi connectivity index (χ2v) is 7.58. The van der Waals surface area contributed by atoms with Crippen LogP contribution in [0.25, 0.3) is 0 Å². The van der Waals surface area contributed by atoms with Crippen LogP contribution in [0.4, 0.5) is 0 Å². The van der Waals surface area contributed by atoms with E-state index in [-0.39, 0.29) is 0 Å². The number of benzene rings is 1. The zero-order valence-electron chi connectivity index (χ0n) is 16.3. The van der Waals surface area contributed by atoms with Crippen LogP contribution in [0, 0.1) is 6.92 Å². The summed E-state index contributed by atoms with van der Waals surface area (Å²) >= 11 is 0. The molecule has 0 radical (unpaired) electrons. The summed E-state index contributed by atoms with van der Waals surface area (Å²) < 4.78 is 0. The molecule has 0 saturated carbocycles. The van der Waals surface area contributed by atoms with Crippen molar-refractivity contribution in [1.29, 1.82) is 0 Å². The first-order valence-electron chi connectivity index (χ1n) is 9.62. The van der Waals surface area contributed by atoms with Gasteiger partial charge in [-0.3, -0.25) is 9.80 Å². The number of carbonyl (C=O) groups is 2. The van der Waals surface area contributed by atoms with Crippen LogP contribution in [0.15, 0.2) is 24.3 Å². The van der Waals surface area contributed by atoms with Gasteiger partial charge in [-0.1, -0.05) is 29.8 Å². The van der Waals surface area contributed by atoms with Gasteiger partial charge in [-0.25, -0.2) is 4.79 Å². The minimum Gasteiger partial charge on any atom is -0.539 e. The van der Waals surface area contributed by atoms with Crippen molar-refractivity contribution in [3.05, 3.63) is 35.4 Å². The molecule has 2 saturated heterocycles.